The van der Waals surface area contributed by atoms with Gasteiger partial charge in [0.1, 0.15) is 6.20 Å². The molecule has 0 atom stereocenters. The van der Waals surface area contributed by atoms with E-state index >= 15 is 0 Å². The van der Waals surface area contributed by atoms with Gasteiger partial charge in [0.15, 0.2) is 5.69 Å². The van der Waals surface area contributed by atoms with Gasteiger partial charge < -0.3 is 10.1 Å². The number of hydrazone groups is 1. The molecule has 1 aromatic heterocycles. The van der Waals surface area contributed by atoms with Gasteiger partial charge in [0.25, 0.3) is 0 Å². The van der Waals surface area contributed by atoms with Crippen molar-refractivity contribution >= 4 is 12.2 Å². The van der Waals surface area contributed by atoms with Crippen LogP contribution in [0.25, 0.3) is 0 Å². The number of nitro groups is 1. The molecule has 1 aliphatic heterocycles. The minimum atomic E-state index is -0.500. The molecule has 1 aromatic rings. The van der Waals surface area contributed by atoms with Crippen LogP contribution in [0.3, 0.4) is 0 Å². The molecule has 7 nitrogen and oxygen atoms in total. The number of aromatic nitrogens is 2. The van der Waals surface area contributed by atoms with Crippen LogP contribution in [0.4, 0.5) is 5.95 Å². The number of hydrogen-bond donors (Lipinski definition) is 0. The molecular weight excluding hydrogens is 234 g/mol. The van der Waals surface area contributed by atoms with Crippen molar-refractivity contribution in [1.82, 2.24) is 14.6 Å². The van der Waals surface area contributed by atoms with Crippen LogP contribution >= 0.6 is 0 Å². The van der Waals surface area contributed by atoms with Gasteiger partial charge in [-0.15, -0.1) is 0 Å². The predicted molar refractivity (Wildman–Crippen MR) is 67.4 cm³/mol. The molecule has 18 heavy (non-hydrogen) atoms. The summed E-state index contributed by atoms with van der Waals surface area (Å²) in [5, 5.41) is 17.0. The molecule has 2 heterocycles. The van der Waals surface area contributed by atoms with E-state index in [0.29, 0.717) is 5.69 Å². The van der Waals surface area contributed by atoms with Gasteiger partial charge in [0.2, 0.25) is 0 Å². The average Bonchev–Trinajstić information content (AvgIpc) is 2.70. The van der Waals surface area contributed by atoms with Crippen molar-refractivity contribution in [3.63, 3.8) is 0 Å². The maximum absolute atomic E-state index is 10.6. The Kier molecular flexibility index (Phi) is 3.59. The number of hydrogen-bond acceptors (Lipinski definition) is 5. The zero-order valence-electron chi connectivity index (χ0n) is 10.6. The number of piperidine rings is 1. The van der Waals surface area contributed by atoms with Crippen LogP contribution in [0, 0.1) is 16.0 Å². The van der Waals surface area contributed by atoms with Gasteiger partial charge in [-0.3, -0.25) is 5.01 Å². The van der Waals surface area contributed by atoms with E-state index in [2.05, 4.69) is 17.0 Å². The summed E-state index contributed by atoms with van der Waals surface area (Å²) in [7, 11) is 1.62. The van der Waals surface area contributed by atoms with E-state index in [0.717, 1.165) is 31.8 Å². The van der Waals surface area contributed by atoms with E-state index in [-0.39, 0.29) is 5.95 Å². The molecule has 0 aromatic carbocycles. The van der Waals surface area contributed by atoms with E-state index in [1.807, 2.05) is 5.01 Å². The molecule has 0 unspecified atom stereocenters. The Labute approximate surface area is 105 Å². The molecule has 0 bridgehead atoms. The van der Waals surface area contributed by atoms with Gasteiger partial charge in [-0.1, -0.05) is 11.9 Å². The van der Waals surface area contributed by atoms with Crippen molar-refractivity contribution < 1.29 is 4.92 Å². The standard InChI is InChI=1S/C11H17N5O2/c1-9-3-5-15(6-4-9)13-8-10-7-12-11(14(10)2)16(17)18/h7-9H,3-6H2,1-2H3/b13-8+. The molecule has 0 N–H and O–H groups in total. The first-order valence-electron chi connectivity index (χ1n) is 6.03. The summed E-state index contributed by atoms with van der Waals surface area (Å²) in [6.45, 7) is 4.13. The van der Waals surface area contributed by atoms with E-state index < -0.39 is 4.92 Å². The van der Waals surface area contributed by atoms with Gasteiger partial charge in [-0.05, 0) is 23.7 Å². The zero-order chi connectivity index (χ0) is 13.1. The van der Waals surface area contributed by atoms with Crippen molar-refractivity contribution in [2.75, 3.05) is 13.1 Å². The fourth-order valence-corrected chi connectivity index (χ4v) is 1.95. The molecule has 0 amide bonds. The normalized spacial score (nSPS) is 17.6. The summed E-state index contributed by atoms with van der Waals surface area (Å²) in [6, 6.07) is 0. The summed E-state index contributed by atoms with van der Waals surface area (Å²) >= 11 is 0. The van der Waals surface area contributed by atoms with Crippen LogP contribution in [-0.2, 0) is 7.05 Å². The first kappa shape index (κ1) is 12.5. The van der Waals surface area contributed by atoms with Crippen LogP contribution in [0.1, 0.15) is 25.5 Å². The monoisotopic (exact) mass is 251 g/mol. The zero-order valence-corrected chi connectivity index (χ0v) is 10.6. The second kappa shape index (κ2) is 5.16. The highest BCUT2D eigenvalue weighted by Crippen LogP contribution is 2.16. The second-order valence-corrected chi connectivity index (χ2v) is 4.68. The molecule has 1 saturated heterocycles. The average molecular weight is 251 g/mol. The molecule has 0 radical (unpaired) electrons. The Morgan fingerprint density at radius 1 is 1.56 bits per heavy atom. The fraction of sp³-hybridized carbons (Fsp3) is 0.636. The van der Waals surface area contributed by atoms with Crippen LogP contribution in [-0.4, -0.2) is 38.8 Å². The minimum absolute atomic E-state index is 0.163. The maximum Gasteiger partial charge on any atom is 0.434 e. The van der Waals surface area contributed by atoms with E-state index in [1.54, 1.807) is 13.3 Å². The largest absolute Gasteiger partial charge is 0.434 e. The predicted octanol–water partition coefficient (Wildman–Crippen LogP) is 1.39. The minimum Gasteiger partial charge on any atom is -0.390 e. The van der Waals surface area contributed by atoms with E-state index in [9.17, 15) is 10.1 Å². The van der Waals surface area contributed by atoms with Crippen LogP contribution in [0.5, 0.6) is 0 Å². The molecule has 98 valence electrons. The molecule has 1 aliphatic rings. The molecule has 0 aliphatic carbocycles. The Bertz CT molecular complexity index is 460. The van der Waals surface area contributed by atoms with Crippen LogP contribution < -0.4 is 0 Å². The van der Waals surface area contributed by atoms with Crippen molar-refractivity contribution in [3.05, 3.63) is 22.0 Å². The molecular formula is C11H17N5O2. The van der Waals surface area contributed by atoms with Crippen molar-refractivity contribution in [2.24, 2.45) is 18.1 Å². The van der Waals surface area contributed by atoms with Gasteiger partial charge in [0.05, 0.1) is 13.3 Å². The Morgan fingerprint density at radius 3 is 2.78 bits per heavy atom. The fourth-order valence-electron chi connectivity index (χ4n) is 1.95. The number of imidazole rings is 1. The van der Waals surface area contributed by atoms with Gasteiger partial charge in [0, 0.05) is 13.1 Å². The van der Waals surface area contributed by atoms with Crippen LogP contribution in [0.2, 0.25) is 0 Å². The first-order chi connectivity index (χ1) is 8.58. The highest BCUT2D eigenvalue weighted by Gasteiger charge is 2.17. The Hall–Kier alpha value is -1.92. The van der Waals surface area contributed by atoms with E-state index in [4.69, 9.17) is 0 Å². The third-order valence-corrected chi connectivity index (χ3v) is 3.28. The highest BCUT2D eigenvalue weighted by molar-refractivity contribution is 5.77. The third-order valence-electron chi connectivity index (χ3n) is 3.28. The molecule has 0 saturated carbocycles. The first-order valence-corrected chi connectivity index (χ1v) is 6.03. The summed E-state index contributed by atoms with van der Waals surface area (Å²) in [4.78, 5) is 13.9. The lowest BCUT2D eigenvalue weighted by molar-refractivity contribution is -0.396. The number of rotatable bonds is 3. The summed E-state index contributed by atoms with van der Waals surface area (Å²) < 4.78 is 1.43. The molecule has 2 rings (SSSR count). The summed E-state index contributed by atoms with van der Waals surface area (Å²) in [6.07, 6.45) is 5.38. The summed E-state index contributed by atoms with van der Waals surface area (Å²) in [5.41, 5.74) is 0.639. The smallest absolute Gasteiger partial charge is 0.390 e. The highest BCUT2D eigenvalue weighted by atomic mass is 16.6. The van der Waals surface area contributed by atoms with Gasteiger partial charge in [-0.25, -0.2) is 4.57 Å². The molecule has 7 heteroatoms. The quantitative estimate of drug-likeness (QED) is 0.462. The molecule has 0 spiro atoms. The lowest BCUT2D eigenvalue weighted by Gasteiger charge is -2.27. The molecule has 1 fully saturated rings. The third kappa shape index (κ3) is 2.66. The maximum atomic E-state index is 10.6. The number of nitrogens with zero attached hydrogens (tertiary/aromatic N) is 5. The summed E-state index contributed by atoms with van der Waals surface area (Å²) in [5.74, 6) is 0.595. The van der Waals surface area contributed by atoms with Crippen molar-refractivity contribution in [1.29, 1.82) is 0 Å². The van der Waals surface area contributed by atoms with Gasteiger partial charge >= 0.3 is 5.95 Å². The topological polar surface area (TPSA) is 76.6 Å². The lowest BCUT2D eigenvalue weighted by atomic mass is 10.0. The second-order valence-electron chi connectivity index (χ2n) is 4.68. The lowest BCUT2D eigenvalue weighted by Crippen LogP contribution is -2.28. The van der Waals surface area contributed by atoms with Crippen LogP contribution in [0.15, 0.2) is 11.3 Å². The Balaban J connectivity index is 2.03. The van der Waals surface area contributed by atoms with Crippen molar-refractivity contribution in [2.45, 2.75) is 19.8 Å². The van der Waals surface area contributed by atoms with Gasteiger partial charge in [-0.2, -0.15) is 5.10 Å². The SMILES string of the molecule is CC1CCN(/N=C/c2cnc([N+](=O)[O-])n2C)CC1. The van der Waals surface area contributed by atoms with E-state index in [1.165, 1.54) is 10.8 Å². The Morgan fingerprint density at radius 2 is 2.22 bits per heavy atom. The van der Waals surface area contributed by atoms with Crippen molar-refractivity contribution in [3.8, 4) is 0 Å².